The zero-order chi connectivity index (χ0) is 13.9. The van der Waals surface area contributed by atoms with Crippen molar-refractivity contribution in [3.8, 4) is 11.1 Å². The van der Waals surface area contributed by atoms with E-state index < -0.39 is 11.6 Å². The Kier molecular flexibility index (Phi) is 2.27. The van der Waals surface area contributed by atoms with E-state index in [9.17, 15) is 9.59 Å². The van der Waals surface area contributed by atoms with Crippen LogP contribution in [0.5, 0.6) is 0 Å². The molecule has 3 amide bonds. The Morgan fingerprint density at radius 3 is 2.45 bits per heavy atom. The Morgan fingerprint density at radius 1 is 0.950 bits per heavy atom. The lowest BCUT2D eigenvalue weighted by Crippen LogP contribution is -2.43. The highest BCUT2D eigenvalue weighted by Crippen LogP contribution is 2.48. The van der Waals surface area contributed by atoms with Crippen molar-refractivity contribution in [1.29, 1.82) is 0 Å². The zero-order valence-corrected chi connectivity index (χ0v) is 12.4. The monoisotopic (exact) mass is 376 g/mol. The van der Waals surface area contributed by atoms with Gasteiger partial charge in [-0.05, 0) is 51.4 Å². The predicted octanol–water partition coefficient (Wildman–Crippen LogP) is 2.35. The van der Waals surface area contributed by atoms with Crippen LogP contribution in [0.4, 0.5) is 4.79 Å². The molecular formula is C15H9IN2O2. The Hall–Kier alpha value is -1.89. The van der Waals surface area contributed by atoms with Crippen LogP contribution in [-0.2, 0) is 10.3 Å². The highest BCUT2D eigenvalue weighted by atomic mass is 127. The first-order chi connectivity index (χ1) is 9.63. The van der Waals surface area contributed by atoms with Gasteiger partial charge in [-0.2, -0.15) is 0 Å². The molecule has 1 atom stereocenters. The number of imide groups is 1. The van der Waals surface area contributed by atoms with E-state index >= 15 is 0 Å². The van der Waals surface area contributed by atoms with E-state index in [1.54, 1.807) is 0 Å². The van der Waals surface area contributed by atoms with Gasteiger partial charge in [-0.25, -0.2) is 4.79 Å². The van der Waals surface area contributed by atoms with Crippen LogP contribution in [0, 0.1) is 3.57 Å². The molecule has 0 radical (unpaired) electrons. The Bertz CT molecular complexity index is 787. The van der Waals surface area contributed by atoms with Crippen molar-refractivity contribution in [2.75, 3.05) is 0 Å². The molecule has 0 bridgehead atoms. The summed E-state index contributed by atoms with van der Waals surface area (Å²) in [5, 5.41) is 5.18. The molecule has 98 valence electrons. The molecule has 0 aromatic heterocycles. The summed E-state index contributed by atoms with van der Waals surface area (Å²) in [6.07, 6.45) is 0. The number of hydrogen-bond acceptors (Lipinski definition) is 2. The van der Waals surface area contributed by atoms with Crippen molar-refractivity contribution < 1.29 is 9.59 Å². The van der Waals surface area contributed by atoms with Crippen LogP contribution in [-0.4, -0.2) is 11.9 Å². The first-order valence-electron chi connectivity index (χ1n) is 6.16. The maximum atomic E-state index is 12.4. The van der Waals surface area contributed by atoms with Crippen LogP contribution >= 0.6 is 22.6 Å². The molecule has 5 heteroatoms. The smallest absolute Gasteiger partial charge is 0.316 e. The summed E-state index contributed by atoms with van der Waals surface area (Å²) in [7, 11) is 0. The summed E-state index contributed by atoms with van der Waals surface area (Å²) in [6, 6.07) is 13.2. The Morgan fingerprint density at radius 2 is 1.70 bits per heavy atom. The molecule has 2 aromatic rings. The van der Waals surface area contributed by atoms with Crippen LogP contribution in [0.1, 0.15) is 11.1 Å². The minimum absolute atomic E-state index is 0.310. The molecule has 4 nitrogen and oxygen atoms in total. The van der Waals surface area contributed by atoms with E-state index in [2.05, 4.69) is 33.2 Å². The second-order valence-corrected chi connectivity index (χ2v) is 6.14. The van der Waals surface area contributed by atoms with Gasteiger partial charge in [-0.3, -0.25) is 10.1 Å². The van der Waals surface area contributed by atoms with Gasteiger partial charge in [0.15, 0.2) is 5.54 Å². The number of nitrogens with one attached hydrogen (secondary N) is 2. The van der Waals surface area contributed by atoms with Gasteiger partial charge >= 0.3 is 6.03 Å². The lowest BCUT2D eigenvalue weighted by atomic mass is 9.88. The lowest BCUT2D eigenvalue weighted by Gasteiger charge is -2.23. The molecule has 1 aliphatic heterocycles. The van der Waals surface area contributed by atoms with Gasteiger partial charge in [-0.15, -0.1) is 0 Å². The molecule has 2 aliphatic rings. The van der Waals surface area contributed by atoms with Gasteiger partial charge in [0.05, 0.1) is 0 Å². The molecular weight excluding hydrogens is 367 g/mol. The van der Waals surface area contributed by atoms with Crippen molar-refractivity contribution in [3.63, 3.8) is 0 Å². The number of rotatable bonds is 0. The SMILES string of the molecule is O=C1NC(=O)C2(N1)c1ccccc1-c1ccc(I)cc12. The molecule has 1 spiro atoms. The minimum atomic E-state index is -1.08. The first-order valence-corrected chi connectivity index (χ1v) is 7.24. The van der Waals surface area contributed by atoms with Crippen molar-refractivity contribution in [1.82, 2.24) is 10.6 Å². The highest BCUT2D eigenvalue weighted by Gasteiger charge is 2.54. The molecule has 20 heavy (non-hydrogen) atoms. The summed E-state index contributed by atoms with van der Waals surface area (Å²) in [4.78, 5) is 24.1. The normalized spacial score (nSPS) is 22.4. The molecule has 1 saturated heterocycles. The summed E-state index contributed by atoms with van der Waals surface area (Å²) >= 11 is 2.21. The third kappa shape index (κ3) is 1.30. The summed E-state index contributed by atoms with van der Waals surface area (Å²) in [5.74, 6) is -0.310. The molecule has 1 fully saturated rings. The third-order valence-electron chi connectivity index (χ3n) is 3.88. The van der Waals surface area contributed by atoms with Crippen LogP contribution < -0.4 is 10.6 Å². The number of hydrogen-bond donors (Lipinski definition) is 2. The molecule has 2 aromatic carbocycles. The van der Waals surface area contributed by atoms with Crippen molar-refractivity contribution in [3.05, 3.63) is 57.2 Å². The Labute approximate surface area is 128 Å². The summed E-state index contributed by atoms with van der Waals surface area (Å²) in [6.45, 7) is 0. The fourth-order valence-electron chi connectivity index (χ4n) is 3.09. The van der Waals surface area contributed by atoms with Gasteiger partial charge in [0, 0.05) is 9.13 Å². The largest absolute Gasteiger partial charge is 0.322 e. The fraction of sp³-hybridized carbons (Fsp3) is 0.0667. The van der Waals surface area contributed by atoms with Gasteiger partial charge in [0.2, 0.25) is 0 Å². The quantitative estimate of drug-likeness (QED) is 0.548. The topological polar surface area (TPSA) is 58.2 Å². The number of carbonyl (C=O) groups excluding carboxylic acids is 2. The van der Waals surface area contributed by atoms with Crippen molar-refractivity contribution >= 4 is 34.5 Å². The molecule has 1 unspecified atom stereocenters. The number of benzene rings is 2. The van der Waals surface area contributed by atoms with Crippen LogP contribution in [0.25, 0.3) is 11.1 Å². The summed E-state index contributed by atoms with van der Waals surface area (Å²) < 4.78 is 1.03. The third-order valence-corrected chi connectivity index (χ3v) is 4.55. The molecule has 0 saturated carbocycles. The zero-order valence-electron chi connectivity index (χ0n) is 10.2. The number of fused-ring (bicyclic) bond motifs is 5. The second kappa shape index (κ2) is 3.82. The maximum Gasteiger partial charge on any atom is 0.322 e. The number of amides is 3. The van der Waals surface area contributed by atoms with Gasteiger partial charge < -0.3 is 5.32 Å². The van der Waals surface area contributed by atoms with Crippen LogP contribution in [0.2, 0.25) is 0 Å². The number of urea groups is 1. The molecule has 4 rings (SSSR count). The Balaban J connectivity index is 2.12. The first kappa shape index (κ1) is 11.9. The fourth-order valence-corrected chi connectivity index (χ4v) is 3.58. The summed E-state index contributed by atoms with van der Waals surface area (Å²) in [5.41, 5.74) is 2.59. The standard InChI is InChI=1S/C15H9IN2O2/c16-8-5-6-10-9-3-1-2-4-11(9)15(12(10)7-8)13(19)17-14(20)18-15/h1-7H,(H2,17,18,19,20). The van der Waals surface area contributed by atoms with E-state index in [0.29, 0.717) is 0 Å². The van der Waals surface area contributed by atoms with Crippen LogP contribution in [0.3, 0.4) is 0 Å². The van der Waals surface area contributed by atoms with Crippen molar-refractivity contribution in [2.24, 2.45) is 0 Å². The number of halogens is 1. The van der Waals surface area contributed by atoms with E-state index in [1.807, 2.05) is 42.5 Å². The average Bonchev–Trinajstić information content (AvgIpc) is 2.88. The minimum Gasteiger partial charge on any atom is -0.316 e. The lowest BCUT2D eigenvalue weighted by molar-refractivity contribution is -0.122. The van der Waals surface area contributed by atoms with E-state index in [0.717, 1.165) is 25.8 Å². The highest BCUT2D eigenvalue weighted by molar-refractivity contribution is 14.1. The van der Waals surface area contributed by atoms with E-state index in [-0.39, 0.29) is 5.91 Å². The second-order valence-electron chi connectivity index (χ2n) is 4.89. The average molecular weight is 376 g/mol. The molecule has 1 heterocycles. The van der Waals surface area contributed by atoms with Crippen molar-refractivity contribution in [2.45, 2.75) is 5.54 Å². The predicted molar refractivity (Wildman–Crippen MR) is 82.0 cm³/mol. The van der Waals surface area contributed by atoms with E-state index in [4.69, 9.17) is 0 Å². The number of carbonyl (C=O) groups is 2. The van der Waals surface area contributed by atoms with Crippen LogP contribution in [0.15, 0.2) is 42.5 Å². The molecule has 2 N–H and O–H groups in total. The van der Waals surface area contributed by atoms with Gasteiger partial charge in [-0.1, -0.05) is 30.3 Å². The molecule has 1 aliphatic carbocycles. The maximum absolute atomic E-state index is 12.4. The van der Waals surface area contributed by atoms with E-state index in [1.165, 1.54) is 0 Å². The van der Waals surface area contributed by atoms with Gasteiger partial charge in [0.1, 0.15) is 0 Å². The van der Waals surface area contributed by atoms with Gasteiger partial charge in [0.25, 0.3) is 5.91 Å².